The highest BCUT2D eigenvalue weighted by Crippen LogP contribution is 2.51. The lowest BCUT2D eigenvalue weighted by Gasteiger charge is -2.38. The van der Waals surface area contributed by atoms with Gasteiger partial charge in [0.1, 0.15) is 17.8 Å². The molecule has 4 aromatic carbocycles. The molecule has 0 spiro atoms. The van der Waals surface area contributed by atoms with E-state index in [0.717, 1.165) is 71.7 Å². The molecule has 3 aliphatic rings. The van der Waals surface area contributed by atoms with E-state index < -0.39 is 24.0 Å². The molecule has 2 amide bonds. The topological polar surface area (TPSA) is 55.9 Å². The monoisotopic (exact) mass is 670 g/mol. The number of fused-ring (bicyclic) bond motifs is 4. The minimum atomic E-state index is -4.51. The molecule has 7 rings (SSSR count). The first-order chi connectivity index (χ1) is 23.6. The summed E-state index contributed by atoms with van der Waals surface area (Å²) in [6.07, 6.45) is -2.77. The number of anilines is 1. The molecule has 2 aliphatic heterocycles. The summed E-state index contributed by atoms with van der Waals surface area (Å²) in [6, 6.07) is 27.5. The maximum Gasteiger partial charge on any atom is 0.405 e. The minimum Gasteiger partial charge on any atom is -0.369 e. The van der Waals surface area contributed by atoms with Crippen molar-refractivity contribution in [3.63, 3.8) is 0 Å². The van der Waals surface area contributed by atoms with Gasteiger partial charge in [-0.25, -0.2) is 4.39 Å². The van der Waals surface area contributed by atoms with Crippen LogP contribution >= 0.6 is 0 Å². The van der Waals surface area contributed by atoms with Crippen LogP contribution in [0.4, 0.5) is 23.2 Å². The van der Waals surface area contributed by atoms with Gasteiger partial charge in [-0.15, -0.1) is 0 Å². The van der Waals surface area contributed by atoms with Crippen LogP contribution < -0.4 is 10.2 Å². The Morgan fingerprint density at radius 1 is 0.796 bits per heavy atom. The highest BCUT2D eigenvalue weighted by Gasteiger charge is 2.49. The van der Waals surface area contributed by atoms with Crippen molar-refractivity contribution in [2.45, 2.75) is 37.4 Å². The van der Waals surface area contributed by atoms with Crippen LogP contribution in [0.25, 0.3) is 11.1 Å². The van der Waals surface area contributed by atoms with Crippen LogP contribution in [0, 0.1) is 5.82 Å². The summed E-state index contributed by atoms with van der Waals surface area (Å²) in [5.74, 6) is -0.985. The highest BCUT2D eigenvalue weighted by atomic mass is 19.4. The molecule has 6 nitrogen and oxygen atoms in total. The Morgan fingerprint density at radius 2 is 1.49 bits per heavy atom. The molecule has 1 aliphatic carbocycles. The van der Waals surface area contributed by atoms with Gasteiger partial charge in [0.15, 0.2) is 0 Å². The van der Waals surface area contributed by atoms with Crippen molar-refractivity contribution in [3.8, 4) is 11.1 Å². The quantitative estimate of drug-likeness (QED) is 0.205. The number of halogens is 4. The Hall–Kier alpha value is -4.70. The van der Waals surface area contributed by atoms with Gasteiger partial charge in [-0.3, -0.25) is 14.5 Å². The first-order valence-electron chi connectivity index (χ1n) is 16.8. The van der Waals surface area contributed by atoms with Crippen LogP contribution in [-0.4, -0.2) is 73.6 Å². The lowest BCUT2D eigenvalue weighted by Crippen LogP contribution is -2.49. The molecule has 254 valence electrons. The third-order valence-corrected chi connectivity index (χ3v) is 10.2. The molecular weight excluding hydrogens is 632 g/mol. The fourth-order valence-corrected chi connectivity index (χ4v) is 7.79. The van der Waals surface area contributed by atoms with Crippen molar-refractivity contribution in [2.75, 3.05) is 50.7 Å². The number of hydrogen-bond donors (Lipinski definition) is 1. The Balaban J connectivity index is 1.01. The van der Waals surface area contributed by atoms with Gasteiger partial charge in [0.05, 0.1) is 0 Å². The van der Waals surface area contributed by atoms with Gasteiger partial charge < -0.3 is 15.1 Å². The molecule has 0 bridgehead atoms. The fraction of sp³-hybridized carbons (Fsp3) is 0.333. The lowest BCUT2D eigenvalue weighted by molar-refractivity contribution is -0.141. The summed E-state index contributed by atoms with van der Waals surface area (Å²) in [6.45, 7) is 3.33. The van der Waals surface area contributed by atoms with Gasteiger partial charge >= 0.3 is 6.18 Å². The number of carbonyl (C=O) groups is 2. The van der Waals surface area contributed by atoms with E-state index in [9.17, 15) is 27.2 Å². The maximum atomic E-state index is 13.8. The van der Waals surface area contributed by atoms with E-state index in [-0.39, 0.29) is 11.7 Å². The molecule has 2 heterocycles. The molecule has 1 N–H and O–H groups in total. The van der Waals surface area contributed by atoms with Crippen LogP contribution in [0.5, 0.6) is 0 Å². The Bertz CT molecular complexity index is 1820. The van der Waals surface area contributed by atoms with E-state index in [2.05, 4.69) is 21.2 Å². The van der Waals surface area contributed by atoms with Gasteiger partial charge in [-0.2, -0.15) is 13.2 Å². The zero-order valence-corrected chi connectivity index (χ0v) is 27.1. The number of amides is 2. The molecule has 0 saturated carbocycles. The van der Waals surface area contributed by atoms with Gasteiger partial charge in [0, 0.05) is 50.5 Å². The van der Waals surface area contributed by atoms with E-state index in [1.165, 1.54) is 12.1 Å². The highest BCUT2D eigenvalue weighted by molar-refractivity contribution is 6.00. The largest absolute Gasteiger partial charge is 0.405 e. The third-order valence-electron chi connectivity index (χ3n) is 10.2. The summed E-state index contributed by atoms with van der Waals surface area (Å²) in [5.41, 5.74) is 5.51. The van der Waals surface area contributed by atoms with E-state index >= 15 is 0 Å². The predicted molar refractivity (Wildman–Crippen MR) is 181 cm³/mol. The third kappa shape index (κ3) is 6.54. The minimum absolute atomic E-state index is 0.0470. The van der Waals surface area contributed by atoms with Crippen LogP contribution in [0.3, 0.4) is 0 Å². The second-order valence-electron chi connectivity index (χ2n) is 13.2. The van der Waals surface area contributed by atoms with E-state index in [1.807, 2.05) is 66.7 Å². The van der Waals surface area contributed by atoms with Crippen molar-refractivity contribution in [2.24, 2.45) is 0 Å². The number of nitrogens with zero attached hydrogens (tertiary/aromatic N) is 3. The maximum absolute atomic E-state index is 13.8. The second kappa shape index (κ2) is 13.3. The molecule has 10 heteroatoms. The van der Waals surface area contributed by atoms with E-state index in [0.29, 0.717) is 38.0 Å². The molecule has 0 atom stereocenters. The zero-order chi connectivity index (χ0) is 34.2. The summed E-state index contributed by atoms with van der Waals surface area (Å²) < 4.78 is 53.4. The number of rotatable bonds is 9. The van der Waals surface area contributed by atoms with Gasteiger partial charge in [0.2, 0.25) is 5.91 Å². The van der Waals surface area contributed by atoms with E-state index in [1.54, 1.807) is 11.0 Å². The number of alkyl halides is 3. The first-order valence-corrected chi connectivity index (χ1v) is 16.8. The van der Waals surface area contributed by atoms with Crippen molar-refractivity contribution < 1.29 is 27.2 Å². The zero-order valence-electron chi connectivity index (χ0n) is 27.1. The Kier molecular flexibility index (Phi) is 8.92. The standard InChI is InChI=1S/C39H38F4N4O2/c40-29-8-5-7-27(23-29)25-47-18-15-28-13-14-30(24-33(28)36(47)48)46-21-19-45(20-22-46)17-6-16-38(37(49)44-26-39(41,42)43)34-11-3-1-9-31(34)32-10-2-4-12-35(32)38/h1-5,7-14,23-24H,6,15-22,25-26H2,(H,44,49). The summed E-state index contributed by atoms with van der Waals surface area (Å²) in [7, 11) is 0. The van der Waals surface area contributed by atoms with Crippen LogP contribution in [0.1, 0.15) is 45.5 Å². The van der Waals surface area contributed by atoms with Gasteiger partial charge in [0.25, 0.3) is 5.91 Å². The average Bonchev–Trinajstić information content (AvgIpc) is 3.39. The molecule has 0 unspecified atom stereocenters. The number of nitrogens with one attached hydrogen (secondary N) is 1. The normalized spacial score (nSPS) is 17.0. The predicted octanol–water partition coefficient (Wildman–Crippen LogP) is 6.57. The average molecular weight is 671 g/mol. The van der Waals surface area contributed by atoms with Crippen molar-refractivity contribution in [3.05, 3.63) is 125 Å². The Morgan fingerprint density at radius 3 is 2.16 bits per heavy atom. The lowest BCUT2D eigenvalue weighted by atomic mass is 9.73. The van der Waals surface area contributed by atoms with Crippen LogP contribution in [0.15, 0.2) is 91.0 Å². The molecule has 0 radical (unpaired) electrons. The fourth-order valence-electron chi connectivity index (χ4n) is 7.79. The molecular formula is C39H38F4N4O2. The number of carbonyl (C=O) groups excluding carboxylic acids is 2. The molecule has 49 heavy (non-hydrogen) atoms. The van der Waals surface area contributed by atoms with Crippen molar-refractivity contribution >= 4 is 17.5 Å². The summed E-state index contributed by atoms with van der Waals surface area (Å²) in [4.78, 5) is 33.6. The molecule has 4 aromatic rings. The Labute approximate surface area is 283 Å². The molecule has 1 saturated heterocycles. The van der Waals surface area contributed by atoms with Crippen molar-refractivity contribution in [1.29, 1.82) is 0 Å². The first kappa shape index (κ1) is 32.8. The second-order valence-corrected chi connectivity index (χ2v) is 13.2. The van der Waals surface area contributed by atoms with E-state index in [4.69, 9.17) is 0 Å². The number of piperazine rings is 1. The summed E-state index contributed by atoms with van der Waals surface area (Å²) >= 11 is 0. The SMILES string of the molecule is O=C1c2cc(N3CCN(CCCC4(C(=O)NCC(F)(F)F)c5ccccc5-c5ccccc54)CC3)ccc2CCN1Cc1cccc(F)c1. The molecule has 0 aromatic heterocycles. The number of benzene rings is 4. The van der Waals surface area contributed by atoms with Gasteiger partial charge in [-0.05, 0) is 83.5 Å². The number of hydrogen-bond acceptors (Lipinski definition) is 4. The van der Waals surface area contributed by atoms with Crippen LogP contribution in [0.2, 0.25) is 0 Å². The molecule has 1 fully saturated rings. The summed E-state index contributed by atoms with van der Waals surface area (Å²) in [5, 5.41) is 2.21. The van der Waals surface area contributed by atoms with Crippen LogP contribution in [-0.2, 0) is 23.2 Å². The smallest absolute Gasteiger partial charge is 0.369 e. The van der Waals surface area contributed by atoms with Crippen molar-refractivity contribution in [1.82, 2.24) is 15.1 Å². The van der Waals surface area contributed by atoms with Gasteiger partial charge in [-0.1, -0.05) is 66.7 Å².